The van der Waals surface area contributed by atoms with Crippen molar-refractivity contribution in [3.63, 3.8) is 0 Å². The lowest BCUT2D eigenvalue weighted by Crippen LogP contribution is -2.48. The van der Waals surface area contributed by atoms with E-state index in [1.807, 2.05) is 24.3 Å². The highest BCUT2D eigenvalue weighted by molar-refractivity contribution is 5.87. The topological polar surface area (TPSA) is 129 Å². The van der Waals surface area contributed by atoms with Crippen LogP contribution in [0.4, 0.5) is 0 Å². The standard InChI is InChI=1S/C18H18N4O5/c1-21-15(23)12(16(24)22(2)18(21)27)14-13-9(7-11(20-14)17(25)26)8-5-3-4-6-10(8)19-13/h3-6,11,14,19-20,23H,7H2,1-2H3,(H,25,26). The Kier molecular flexibility index (Phi) is 3.70. The van der Waals surface area contributed by atoms with Crippen molar-refractivity contribution in [3.8, 4) is 5.88 Å². The molecule has 0 saturated heterocycles. The lowest BCUT2D eigenvalue weighted by Gasteiger charge is -2.29. The highest BCUT2D eigenvalue weighted by atomic mass is 16.4. The summed E-state index contributed by atoms with van der Waals surface area (Å²) < 4.78 is 1.86. The van der Waals surface area contributed by atoms with Gasteiger partial charge in [-0.1, -0.05) is 18.2 Å². The number of aromatic nitrogens is 3. The van der Waals surface area contributed by atoms with E-state index >= 15 is 0 Å². The number of para-hydroxylation sites is 1. The lowest BCUT2D eigenvalue weighted by molar-refractivity contribution is -0.139. The van der Waals surface area contributed by atoms with E-state index in [0.717, 1.165) is 25.6 Å². The number of hydrogen-bond acceptors (Lipinski definition) is 5. The summed E-state index contributed by atoms with van der Waals surface area (Å²) in [6.45, 7) is 0. The van der Waals surface area contributed by atoms with Crippen molar-refractivity contribution in [3.05, 3.63) is 61.9 Å². The van der Waals surface area contributed by atoms with Gasteiger partial charge in [0.25, 0.3) is 5.56 Å². The second kappa shape index (κ2) is 5.85. The maximum absolute atomic E-state index is 12.8. The Morgan fingerprint density at radius 3 is 2.59 bits per heavy atom. The van der Waals surface area contributed by atoms with Crippen LogP contribution in [-0.2, 0) is 25.3 Å². The molecular weight excluding hydrogens is 352 g/mol. The molecule has 4 N–H and O–H groups in total. The van der Waals surface area contributed by atoms with Crippen LogP contribution in [0.25, 0.3) is 10.9 Å². The number of carboxylic acid groups (broad SMARTS) is 1. The molecule has 9 nitrogen and oxygen atoms in total. The van der Waals surface area contributed by atoms with Crippen molar-refractivity contribution in [2.75, 3.05) is 0 Å². The zero-order chi connectivity index (χ0) is 19.5. The van der Waals surface area contributed by atoms with Crippen LogP contribution < -0.4 is 16.6 Å². The van der Waals surface area contributed by atoms with Gasteiger partial charge in [-0.2, -0.15) is 0 Å². The Morgan fingerprint density at radius 1 is 1.19 bits per heavy atom. The van der Waals surface area contributed by atoms with Crippen LogP contribution in [0.15, 0.2) is 33.9 Å². The van der Waals surface area contributed by atoms with Crippen molar-refractivity contribution in [2.45, 2.75) is 18.5 Å². The minimum atomic E-state index is -1.06. The second-order valence-corrected chi connectivity index (χ2v) is 6.70. The van der Waals surface area contributed by atoms with E-state index in [1.165, 1.54) is 14.1 Å². The number of carboxylic acids is 1. The van der Waals surface area contributed by atoms with Gasteiger partial charge in [0.2, 0.25) is 5.88 Å². The normalized spacial score (nSPS) is 19.2. The SMILES string of the molecule is Cn1c(O)c(C2NC(C(=O)O)Cc3c2[nH]c2ccccc32)c(=O)n(C)c1=O. The summed E-state index contributed by atoms with van der Waals surface area (Å²) in [7, 11) is 2.67. The van der Waals surface area contributed by atoms with Gasteiger partial charge in [-0.3, -0.25) is 24.0 Å². The van der Waals surface area contributed by atoms with Crippen LogP contribution >= 0.6 is 0 Å². The summed E-state index contributed by atoms with van der Waals surface area (Å²) in [6.07, 6.45) is 0.234. The maximum Gasteiger partial charge on any atom is 0.333 e. The Bertz CT molecular complexity index is 1200. The van der Waals surface area contributed by atoms with Crippen LogP contribution in [0.5, 0.6) is 5.88 Å². The van der Waals surface area contributed by atoms with Gasteiger partial charge in [-0.15, -0.1) is 0 Å². The maximum atomic E-state index is 12.8. The largest absolute Gasteiger partial charge is 0.494 e. The fraction of sp³-hybridized carbons (Fsp3) is 0.278. The molecule has 0 bridgehead atoms. The molecule has 140 valence electrons. The Morgan fingerprint density at radius 2 is 1.89 bits per heavy atom. The first-order valence-electron chi connectivity index (χ1n) is 8.38. The van der Waals surface area contributed by atoms with Crippen molar-refractivity contribution in [1.82, 2.24) is 19.4 Å². The molecule has 27 heavy (non-hydrogen) atoms. The van der Waals surface area contributed by atoms with Gasteiger partial charge >= 0.3 is 11.7 Å². The number of aromatic amines is 1. The predicted molar refractivity (Wildman–Crippen MR) is 97.0 cm³/mol. The summed E-state index contributed by atoms with van der Waals surface area (Å²) in [5.74, 6) is -1.55. The number of aliphatic carboxylic acids is 1. The summed E-state index contributed by atoms with van der Waals surface area (Å²) in [6, 6.07) is 5.61. The fourth-order valence-electron chi connectivity index (χ4n) is 3.73. The number of hydrogen-bond donors (Lipinski definition) is 4. The molecule has 3 aromatic rings. The predicted octanol–water partition coefficient (Wildman–Crippen LogP) is -0.0408. The summed E-state index contributed by atoms with van der Waals surface area (Å²) in [5, 5.41) is 23.9. The molecule has 2 aromatic heterocycles. The minimum absolute atomic E-state index is 0.0710. The highest BCUT2D eigenvalue weighted by Gasteiger charge is 2.37. The molecule has 0 radical (unpaired) electrons. The number of nitrogens with one attached hydrogen (secondary N) is 2. The molecule has 3 heterocycles. The third-order valence-corrected chi connectivity index (χ3v) is 5.17. The minimum Gasteiger partial charge on any atom is -0.494 e. The molecule has 0 fully saturated rings. The van der Waals surface area contributed by atoms with Gasteiger partial charge in [0.05, 0.1) is 6.04 Å². The molecule has 0 aliphatic carbocycles. The van der Waals surface area contributed by atoms with E-state index in [4.69, 9.17) is 0 Å². The first kappa shape index (κ1) is 17.1. The number of rotatable bonds is 2. The van der Waals surface area contributed by atoms with E-state index in [2.05, 4.69) is 10.3 Å². The second-order valence-electron chi connectivity index (χ2n) is 6.70. The molecule has 0 spiro atoms. The molecule has 1 aliphatic rings. The molecule has 2 unspecified atom stereocenters. The Hall–Kier alpha value is -3.33. The smallest absolute Gasteiger partial charge is 0.333 e. The van der Waals surface area contributed by atoms with Crippen molar-refractivity contribution in [2.24, 2.45) is 14.1 Å². The van der Waals surface area contributed by atoms with Crippen LogP contribution in [-0.4, -0.2) is 36.3 Å². The quantitative estimate of drug-likeness (QED) is 0.501. The van der Waals surface area contributed by atoms with E-state index in [9.17, 15) is 24.6 Å². The first-order valence-corrected chi connectivity index (χ1v) is 8.38. The van der Waals surface area contributed by atoms with Crippen molar-refractivity contribution in [1.29, 1.82) is 0 Å². The van der Waals surface area contributed by atoms with E-state index in [1.54, 1.807) is 0 Å². The third-order valence-electron chi connectivity index (χ3n) is 5.17. The fourth-order valence-corrected chi connectivity index (χ4v) is 3.73. The number of fused-ring (bicyclic) bond motifs is 3. The Labute approximate surface area is 152 Å². The van der Waals surface area contributed by atoms with Crippen LogP contribution in [0.3, 0.4) is 0 Å². The molecular formula is C18H18N4O5. The molecule has 9 heteroatoms. The highest BCUT2D eigenvalue weighted by Crippen LogP contribution is 2.36. The first-order chi connectivity index (χ1) is 12.8. The monoisotopic (exact) mass is 370 g/mol. The molecule has 0 saturated carbocycles. The number of aromatic hydroxyl groups is 1. The van der Waals surface area contributed by atoms with Crippen LogP contribution in [0.2, 0.25) is 0 Å². The molecule has 4 rings (SSSR count). The van der Waals surface area contributed by atoms with E-state index < -0.39 is 35.2 Å². The van der Waals surface area contributed by atoms with Crippen molar-refractivity contribution < 1.29 is 15.0 Å². The number of carbonyl (C=O) groups is 1. The van der Waals surface area contributed by atoms with E-state index in [0.29, 0.717) is 5.69 Å². The number of H-pyrrole nitrogens is 1. The summed E-state index contributed by atoms with van der Waals surface area (Å²) >= 11 is 0. The number of benzene rings is 1. The Balaban J connectivity index is 2.04. The zero-order valence-corrected chi connectivity index (χ0v) is 14.7. The average Bonchev–Trinajstić information content (AvgIpc) is 3.03. The van der Waals surface area contributed by atoms with Gasteiger partial charge in [0, 0.05) is 37.1 Å². The van der Waals surface area contributed by atoms with Gasteiger partial charge in [0.15, 0.2) is 0 Å². The van der Waals surface area contributed by atoms with Gasteiger partial charge in [-0.25, -0.2) is 4.79 Å². The summed E-state index contributed by atoms with van der Waals surface area (Å²) in [5.41, 5.74) is 0.782. The molecule has 0 amide bonds. The van der Waals surface area contributed by atoms with Gasteiger partial charge in [-0.05, 0) is 11.6 Å². The molecule has 1 aromatic carbocycles. The van der Waals surface area contributed by atoms with Gasteiger partial charge in [0.1, 0.15) is 11.6 Å². The summed E-state index contributed by atoms with van der Waals surface area (Å²) in [4.78, 5) is 39.7. The van der Waals surface area contributed by atoms with Crippen LogP contribution in [0.1, 0.15) is 22.9 Å². The molecule has 2 atom stereocenters. The lowest BCUT2D eigenvalue weighted by atomic mass is 9.91. The van der Waals surface area contributed by atoms with Gasteiger partial charge < -0.3 is 15.2 Å². The van der Waals surface area contributed by atoms with Crippen molar-refractivity contribution >= 4 is 16.9 Å². The zero-order valence-electron chi connectivity index (χ0n) is 14.7. The number of nitrogens with zero attached hydrogens (tertiary/aromatic N) is 2. The molecule has 1 aliphatic heterocycles. The third kappa shape index (κ3) is 2.39. The van der Waals surface area contributed by atoms with E-state index in [-0.39, 0.29) is 12.0 Å². The average molecular weight is 370 g/mol. The van der Waals surface area contributed by atoms with Crippen LogP contribution in [0, 0.1) is 0 Å².